The Morgan fingerprint density at radius 3 is 2.33 bits per heavy atom. The minimum Gasteiger partial charge on any atom is -0.470 e. The van der Waals surface area contributed by atoms with Gasteiger partial charge in [-0.1, -0.05) is 67.6 Å². The summed E-state index contributed by atoms with van der Waals surface area (Å²) in [4.78, 5) is 16.6. The van der Waals surface area contributed by atoms with Crippen LogP contribution in [0.3, 0.4) is 0 Å². The highest BCUT2D eigenvalue weighted by atomic mass is 19.4. The molecule has 0 fully saturated rings. The van der Waals surface area contributed by atoms with E-state index >= 15 is 0 Å². The molecule has 2 aromatic carbocycles. The minimum absolute atomic E-state index is 0.0313. The van der Waals surface area contributed by atoms with Gasteiger partial charge in [-0.2, -0.15) is 23.3 Å². The second kappa shape index (κ2) is 9.05. The summed E-state index contributed by atoms with van der Waals surface area (Å²) in [6, 6.07) is 19.0. The number of hydrogen-bond acceptors (Lipinski definition) is 4. The topological polar surface area (TPSA) is 57.0 Å². The molecule has 1 unspecified atom stereocenters. The van der Waals surface area contributed by atoms with Gasteiger partial charge >= 0.3 is 6.18 Å². The summed E-state index contributed by atoms with van der Waals surface area (Å²) in [5, 5.41) is 4.17. The lowest BCUT2D eigenvalue weighted by Gasteiger charge is -2.13. The van der Waals surface area contributed by atoms with Gasteiger partial charge in [0.15, 0.2) is 11.4 Å². The number of ketones is 1. The van der Waals surface area contributed by atoms with Crippen LogP contribution in [0, 0.1) is 0 Å². The van der Waals surface area contributed by atoms with Gasteiger partial charge in [-0.05, 0) is 11.5 Å². The molecule has 33 heavy (non-hydrogen) atoms. The Balaban J connectivity index is 1.61. The number of carbonyl (C=O) groups is 1. The predicted octanol–water partition coefficient (Wildman–Crippen LogP) is 5.80. The minimum atomic E-state index is -4.66. The number of hydrogen-bond donors (Lipinski definition) is 0. The van der Waals surface area contributed by atoms with E-state index in [1.807, 2.05) is 37.3 Å². The maximum atomic E-state index is 14.0. The first kappa shape index (κ1) is 22.5. The fourth-order valence-electron chi connectivity index (χ4n) is 3.77. The van der Waals surface area contributed by atoms with Crippen molar-refractivity contribution in [1.82, 2.24) is 14.8 Å². The van der Waals surface area contributed by atoms with Crippen molar-refractivity contribution >= 4 is 16.8 Å². The van der Waals surface area contributed by atoms with Crippen molar-refractivity contribution in [3.05, 3.63) is 77.9 Å². The van der Waals surface area contributed by atoms with Gasteiger partial charge in [-0.15, -0.1) is 0 Å². The van der Waals surface area contributed by atoms with Crippen molar-refractivity contribution < 1.29 is 22.7 Å². The van der Waals surface area contributed by atoms with E-state index < -0.39 is 11.7 Å². The van der Waals surface area contributed by atoms with E-state index in [9.17, 15) is 18.0 Å². The molecule has 0 saturated heterocycles. The van der Waals surface area contributed by atoms with Crippen LogP contribution in [-0.4, -0.2) is 27.2 Å². The summed E-state index contributed by atoms with van der Waals surface area (Å²) in [6.07, 6.45) is -4.44. The van der Waals surface area contributed by atoms with E-state index in [2.05, 4.69) is 10.1 Å². The molecule has 170 valence electrons. The number of carbonyl (C=O) groups excluding carboxylic acids is 1. The molecule has 5 nitrogen and oxygen atoms in total. The van der Waals surface area contributed by atoms with E-state index in [0.29, 0.717) is 5.56 Å². The van der Waals surface area contributed by atoms with Crippen LogP contribution in [-0.2, 0) is 18.0 Å². The number of alkyl halides is 3. The molecular weight excluding hydrogens is 431 g/mol. The van der Waals surface area contributed by atoms with Gasteiger partial charge in [0.2, 0.25) is 5.88 Å². The molecule has 1 atom stereocenters. The lowest BCUT2D eigenvalue weighted by atomic mass is 9.96. The molecule has 4 rings (SSSR count). The molecule has 0 aliphatic carbocycles. The third kappa shape index (κ3) is 4.89. The van der Waals surface area contributed by atoms with Crippen molar-refractivity contribution in [2.45, 2.75) is 25.4 Å². The Hall–Kier alpha value is -3.68. The zero-order valence-corrected chi connectivity index (χ0v) is 18.1. The highest BCUT2D eigenvalue weighted by molar-refractivity contribution is 5.94. The first-order valence-electron chi connectivity index (χ1n) is 10.4. The largest absolute Gasteiger partial charge is 0.470 e. The molecule has 0 amide bonds. The van der Waals surface area contributed by atoms with Crippen molar-refractivity contribution in [2.75, 3.05) is 6.61 Å². The highest BCUT2D eigenvalue weighted by Gasteiger charge is 2.36. The van der Waals surface area contributed by atoms with Gasteiger partial charge in [-0.25, -0.2) is 4.68 Å². The van der Waals surface area contributed by atoms with Crippen molar-refractivity contribution in [2.24, 2.45) is 7.05 Å². The van der Waals surface area contributed by atoms with Gasteiger partial charge in [-0.3, -0.25) is 4.79 Å². The SMILES string of the molecule is CC(CC(=O)COc1cc(C(F)(F)F)c2c(-c3ccccc3)nn(C)c2n1)c1ccccc1. The summed E-state index contributed by atoms with van der Waals surface area (Å²) in [6.45, 7) is 1.55. The Bertz CT molecular complexity index is 1270. The maximum Gasteiger partial charge on any atom is 0.417 e. The van der Waals surface area contributed by atoms with Crippen LogP contribution in [0.4, 0.5) is 13.2 Å². The Labute approximate surface area is 188 Å². The second-order valence-electron chi connectivity index (χ2n) is 7.89. The van der Waals surface area contributed by atoms with Crippen LogP contribution in [0.1, 0.15) is 30.4 Å². The Kier molecular flexibility index (Phi) is 6.18. The van der Waals surface area contributed by atoms with Crippen LogP contribution < -0.4 is 4.74 Å². The van der Waals surface area contributed by atoms with E-state index in [0.717, 1.165) is 11.6 Å². The fraction of sp³-hybridized carbons (Fsp3) is 0.240. The molecule has 0 bridgehead atoms. The number of benzene rings is 2. The van der Waals surface area contributed by atoms with Gasteiger partial charge in [0, 0.05) is 25.1 Å². The smallest absolute Gasteiger partial charge is 0.417 e. The van der Waals surface area contributed by atoms with Crippen molar-refractivity contribution in [1.29, 1.82) is 0 Å². The number of halogens is 3. The van der Waals surface area contributed by atoms with Crippen molar-refractivity contribution in [3.63, 3.8) is 0 Å². The monoisotopic (exact) mass is 453 g/mol. The van der Waals surface area contributed by atoms with E-state index in [-0.39, 0.29) is 47.3 Å². The summed E-state index contributed by atoms with van der Waals surface area (Å²) in [7, 11) is 1.53. The number of Topliss-reactive ketones (excluding diaryl/α,β-unsaturated/α-hetero) is 1. The van der Waals surface area contributed by atoms with E-state index in [4.69, 9.17) is 4.74 Å². The number of ether oxygens (including phenoxy) is 1. The number of aryl methyl sites for hydroxylation is 1. The van der Waals surface area contributed by atoms with Gasteiger partial charge in [0.25, 0.3) is 0 Å². The molecule has 0 saturated carbocycles. The molecular formula is C25H22F3N3O2. The van der Waals surface area contributed by atoms with Crippen LogP contribution >= 0.6 is 0 Å². The maximum absolute atomic E-state index is 14.0. The summed E-state index contributed by atoms with van der Waals surface area (Å²) in [5.41, 5.74) is 0.873. The summed E-state index contributed by atoms with van der Waals surface area (Å²) >= 11 is 0. The molecule has 2 aromatic heterocycles. The van der Waals surface area contributed by atoms with Crippen LogP contribution in [0.2, 0.25) is 0 Å². The third-order valence-corrected chi connectivity index (χ3v) is 5.41. The Morgan fingerprint density at radius 2 is 1.70 bits per heavy atom. The molecule has 4 aromatic rings. The van der Waals surface area contributed by atoms with Crippen LogP contribution in [0.25, 0.3) is 22.3 Å². The lowest BCUT2D eigenvalue weighted by Crippen LogP contribution is -2.15. The Morgan fingerprint density at radius 1 is 1.06 bits per heavy atom. The van der Waals surface area contributed by atoms with Gasteiger partial charge in [0.05, 0.1) is 10.9 Å². The molecule has 2 heterocycles. The average molecular weight is 453 g/mol. The predicted molar refractivity (Wildman–Crippen MR) is 119 cm³/mol. The normalized spacial score (nSPS) is 12.6. The zero-order valence-electron chi connectivity index (χ0n) is 18.1. The van der Waals surface area contributed by atoms with E-state index in [1.54, 1.807) is 30.3 Å². The molecule has 0 aliphatic heterocycles. The summed E-state index contributed by atoms with van der Waals surface area (Å²) in [5.74, 6) is -0.524. The molecule has 0 aliphatic rings. The quantitative estimate of drug-likeness (QED) is 0.355. The highest BCUT2D eigenvalue weighted by Crippen LogP contribution is 2.40. The fourth-order valence-corrected chi connectivity index (χ4v) is 3.77. The molecule has 0 spiro atoms. The average Bonchev–Trinajstić information content (AvgIpc) is 3.14. The number of rotatable bonds is 7. The molecule has 8 heteroatoms. The molecule has 0 N–H and O–H groups in total. The zero-order chi connectivity index (χ0) is 23.6. The van der Waals surface area contributed by atoms with Gasteiger partial charge in [0.1, 0.15) is 12.3 Å². The number of fused-ring (bicyclic) bond motifs is 1. The third-order valence-electron chi connectivity index (χ3n) is 5.41. The summed E-state index contributed by atoms with van der Waals surface area (Å²) < 4.78 is 48.6. The number of pyridine rings is 1. The van der Waals surface area contributed by atoms with Crippen LogP contribution in [0.15, 0.2) is 66.7 Å². The molecule has 0 radical (unpaired) electrons. The lowest BCUT2D eigenvalue weighted by molar-refractivity contribution is -0.136. The number of nitrogens with zero attached hydrogens (tertiary/aromatic N) is 3. The van der Waals surface area contributed by atoms with E-state index in [1.165, 1.54) is 11.7 Å². The standard InChI is InChI=1S/C25H22F3N3O2/c1-16(17-9-5-3-6-10-17)13-19(32)15-33-21-14-20(25(26,27)28)22-23(18-11-7-4-8-12-18)30-31(2)24(22)29-21/h3-12,14,16H,13,15H2,1-2H3. The van der Waals surface area contributed by atoms with Crippen molar-refractivity contribution in [3.8, 4) is 17.1 Å². The first-order chi connectivity index (χ1) is 15.7. The van der Waals surface area contributed by atoms with Crippen LogP contribution in [0.5, 0.6) is 5.88 Å². The van der Waals surface area contributed by atoms with Gasteiger partial charge < -0.3 is 4.74 Å². The first-order valence-corrected chi connectivity index (χ1v) is 10.4. The number of aromatic nitrogens is 3. The second-order valence-corrected chi connectivity index (χ2v) is 7.89.